The minimum atomic E-state index is -0.173. The van der Waals surface area contributed by atoms with Gasteiger partial charge in [-0.2, -0.15) is 0 Å². The first-order valence-electron chi connectivity index (χ1n) is 7.03. The Morgan fingerprint density at radius 1 is 1.37 bits per heavy atom. The van der Waals surface area contributed by atoms with E-state index in [4.69, 9.17) is 5.11 Å². The van der Waals surface area contributed by atoms with Gasteiger partial charge in [0.2, 0.25) is 0 Å². The lowest BCUT2D eigenvalue weighted by molar-refractivity contribution is 0.289. The van der Waals surface area contributed by atoms with Crippen LogP contribution >= 0.6 is 0 Å². The average Bonchev–Trinajstić information content (AvgIpc) is 2.40. The van der Waals surface area contributed by atoms with Crippen molar-refractivity contribution in [2.75, 3.05) is 31.1 Å². The highest BCUT2D eigenvalue weighted by molar-refractivity contribution is 5.55. The minimum absolute atomic E-state index is 0.0237. The number of rotatable bonds is 8. The molecule has 2 N–H and O–H groups in total. The molecule has 1 atom stereocenters. The van der Waals surface area contributed by atoms with E-state index in [1.165, 1.54) is 6.07 Å². The molecule has 1 aromatic rings. The van der Waals surface area contributed by atoms with Crippen LogP contribution in [0.1, 0.15) is 38.8 Å². The molecule has 0 bridgehead atoms. The molecule has 1 unspecified atom stereocenters. The molecular formula is C15H25FN2O. The van der Waals surface area contributed by atoms with Gasteiger partial charge in [0.25, 0.3) is 0 Å². The molecule has 0 aliphatic heterocycles. The molecule has 1 rings (SSSR count). The van der Waals surface area contributed by atoms with Crippen molar-refractivity contribution in [1.29, 1.82) is 0 Å². The van der Waals surface area contributed by atoms with Gasteiger partial charge in [0.1, 0.15) is 5.82 Å². The molecule has 0 aromatic heterocycles. The maximum absolute atomic E-state index is 14.1. The molecule has 0 amide bonds. The predicted molar refractivity (Wildman–Crippen MR) is 78.1 cm³/mol. The van der Waals surface area contributed by atoms with Crippen LogP contribution in [0.4, 0.5) is 10.1 Å². The van der Waals surface area contributed by atoms with E-state index >= 15 is 0 Å². The fourth-order valence-corrected chi connectivity index (χ4v) is 2.35. The molecule has 0 saturated carbocycles. The third-order valence-electron chi connectivity index (χ3n) is 3.28. The van der Waals surface area contributed by atoms with Crippen molar-refractivity contribution in [2.24, 2.45) is 0 Å². The van der Waals surface area contributed by atoms with Gasteiger partial charge < -0.3 is 15.3 Å². The van der Waals surface area contributed by atoms with Gasteiger partial charge in [-0.3, -0.25) is 0 Å². The zero-order chi connectivity index (χ0) is 14.3. The highest BCUT2D eigenvalue weighted by Gasteiger charge is 2.18. The summed E-state index contributed by atoms with van der Waals surface area (Å²) >= 11 is 0. The molecule has 0 spiro atoms. The van der Waals surface area contributed by atoms with Gasteiger partial charge in [-0.1, -0.05) is 13.0 Å². The number of anilines is 1. The Morgan fingerprint density at radius 2 is 2.11 bits per heavy atom. The summed E-state index contributed by atoms with van der Waals surface area (Å²) in [4.78, 5) is 2.11. The second-order valence-corrected chi connectivity index (χ2v) is 4.61. The topological polar surface area (TPSA) is 35.5 Å². The van der Waals surface area contributed by atoms with Crippen LogP contribution in [0, 0.1) is 5.82 Å². The van der Waals surface area contributed by atoms with Crippen molar-refractivity contribution in [3.8, 4) is 0 Å². The predicted octanol–water partition coefficient (Wildman–Crippen LogP) is 2.70. The Labute approximate surface area is 115 Å². The second-order valence-electron chi connectivity index (χ2n) is 4.61. The number of nitrogens with zero attached hydrogens (tertiary/aromatic N) is 1. The number of aliphatic hydroxyl groups excluding tert-OH is 1. The van der Waals surface area contributed by atoms with Gasteiger partial charge in [0.15, 0.2) is 0 Å². The van der Waals surface area contributed by atoms with E-state index in [1.807, 2.05) is 26.8 Å². The van der Waals surface area contributed by atoms with Crippen LogP contribution in [0.2, 0.25) is 0 Å². The molecule has 19 heavy (non-hydrogen) atoms. The molecule has 4 heteroatoms. The third kappa shape index (κ3) is 4.18. The summed E-state index contributed by atoms with van der Waals surface area (Å²) in [6.07, 6.45) is 0.694. The van der Waals surface area contributed by atoms with E-state index in [9.17, 15) is 4.39 Å². The first-order valence-corrected chi connectivity index (χ1v) is 7.03. The monoisotopic (exact) mass is 268 g/mol. The molecule has 0 aliphatic carbocycles. The highest BCUT2D eigenvalue weighted by Crippen LogP contribution is 2.29. The lowest BCUT2D eigenvalue weighted by Gasteiger charge is -2.28. The van der Waals surface area contributed by atoms with E-state index < -0.39 is 0 Å². The number of hydrogen-bond donors (Lipinski definition) is 2. The van der Waals surface area contributed by atoms with Crippen LogP contribution < -0.4 is 10.2 Å². The summed E-state index contributed by atoms with van der Waals surface area (Å²) in [6.45, 7) is 8.54. The normalized spacial score (nSPS) is 12.5. The first-order chi connectivity index (χ1) is 9.15. The van der Waals surface area contributed by atoms with Gasteiger partial charge in [0.05, 0.1) is 0 Å². The number of hydrogen-bond acceptors (Lipinski definition) is 3. The van der Waals surface area contributed by atoms with Crippen molar-refractivity contribution < 1.29 is 9.50 Å². The maximum Gasteiger partial charge on any atom is 0.130 e. The third-order valence-corrected chi connectivity index (χ3v) is 3.28. The summed E-state index contributed by atoms with van der Waals surface area (Å²) in [7, 11) is 0. The van der Waals surface area contributed by atoms with Gasteiger partial charge >= 0.3 is 0 Å². The van der Waals surface area contributed by atoms with Gasteiger partial charge in [-0.05, 0) is 38.9 Å². The van der Waals surface area contributed by atoms with Gasteiger partial charge in [-0.15, -0.1) is 0 Å². The smallest absolute Gasteiger partial charge is 0.130 e. The molecule has 0 saturated heterocycles. The lowest BCUT2D eigenvalue weighted by atomic mass is 10.0. The van der Waals surface area contributed by atoms with Crippen LogP contribution in [0.25, 0.3) is 0 Å². The van der Waals surface area contributed by atoms with Crippen molar-refractivity contribution in [2.45, 2.75) is 33.2 Å². The van der Waals surface area contributed by atoms with Gasteiger partial charge in [0, 0.05) is 37.0 Å². The highest BCUT2D eigenvalue weighted by atomic mass is 19.1. The zero-order valence-electron chi connectivity index (χ0n) is 12.1. The van der Waals surface area contributed by atoms with Gasteiger partial charge in [-0.25, -0.2) is 4.39 Å². The Kier molecular flexibility index (Phi) is 6.81. The van der Waals surface area contributed by atoms with Crippen molar-refractivity contribution in [3.63, 3.8) is 0 Å². The van der Waals surface area contributed by atoms with E-state index in [-0.39, 0.29) is 18.5 Å². The molecule has 3 nitrogen and oxygen atoms in total. The molecule has 0 radical (unpaired) electrons. The average molecular weight is 268 g/mol. The quantitative estimate of drug-likeness (QED) is 0.761. The number of aliphatic hydroxyl groups is 1. The van der Waals surface area contributed by atoms with Crippen molar-refractivity contribution in [1.82, 2.24) is 5.32 Å². The Morgan fingerprint density at radius 3 is 2.68 bits per heavy atom. The maximum atomic E-state index is 14.1. The summed E-state index contributed by atoms with van der Waals surface area (Å²) in [6, 6.07) is 5.18. The van der Waals surface area contributed by atoms with Crippen molar-refractivity contribution in [3.05, 3.63) is 29.6 Å². The number of nitrogens with one attached hydrogen (secondary N) is 1. The standard InChI is InChI=1S/C15H25FN2O/c1-4-17-12(3)15-13(16)8-6-9-14(15)18(5-2)10-7-11-19/h6,8-9,12,17,19H,4-5,7,10-11H2,1-3H3. The zero-order valence-corrected chi connectivity index (χ0v) is 12.1. The molecule has 0 heterocycles. The lowest BCUT2D eigenvalue weighted by Crippen LogP contribution is -2.28. The minimum Gasteiger partial charge on any atom is -0.396 e. The SMILES string of the molecule is CCNC(C)c1c(F)cccc1N(CC)CCCO. The molecule has 108 valence electrons. The largest absolute Gasteiger partial charge is 0.396 e. The Balaban J connectivity index is 3.06. The number of benzene rings is 1. The van der Waals surface area contributed by atoms with Crippen LogP contribution in [0.5, 0.6) is 0 Å². The number of halogens is 1. The molecule has 0 fully saturated rings. The fourth-order valence-electron chi connectivity index (χ4n) is 2.35. The van der Waals surface area contributed by atoms with Crippen LogP contribution in [-0.2, 0) is 0 Å². The first kappa shape index (κ1) is 15.9. The van der Waals surface area contributed by atoms with Crippen molar-refractivity contribution >= 4 is 5.69 Å². The van der Waals surface area contributed by atoms with E-state index in [0.29, 0.717) is 12.0 Å². The van der Waals surface area contributed by atoms with Crippen LogP contribution in [-0.4, -0.2) is 31.3 Å². The molecular weight excluding hydrogens is 243 g/mol. The fraction of sp³-hybridized carbons (Fsp3) is 0.600. The van der Waals surface area contributed by atoms with E-state index in [1.54, 1.807) is 6.07 Å². The van der Waals surface area contributed by atoms with Crippen LogP contribution in [0.3, 0.4) is 0 Å². The molecule has 0 aliphatic rings. The van der Waals surface area contributed by atoms with E-state index in [0.717, 1.165) is 25.3 Å². The summed E-state index contributed by atoms with van der Waals surface area (Å²) in [5.74, 6) is -0.173. The Bertz CT molecular complexity index is 384. The molecule has 1 aromatic carbocycles. The summed E-state index contributed by atoms with van der Waals surface area (Å²) in [5.41, 5.74) is 1.63. The van der Waals surface area contributed by atoms with E-state index in [2.05, 4.69) is 10.2 Å². The van der Waals surface area contributed by atoms with Crippen LogP contribution in [0.15, 0.2) is 18.2 Å². The summed E-state index contributed by atoms with van der Waals surface area (Å²) in [5, 5.41) is 12.2. The Hall–Kier alpha value is -1.13. The summed E-state index contributed by atoms with van der Waals surface area (Å²) < 4.78 is 14.1. The second kappa shape index (κ2) is 8.12.